The number of hydrogen-bond donors (Lipinski definition) is 1. The zero-order valence-corrected chi connectivity index (χ0v) is 14.3. The lowest BCUT2D eigenvalue weighted by Gasteiger charge is -2.36. The number of nitrogens with zero attached hydrogens (tertiary/aromatic N) is 1. The second-order valence-electron chi connectivity index (χ2n) is 6.34. The summed E-state index contributed by atoms with van der Waals surface area (Å²) in [4.78, 5) is 5.72. The quantitative estimate of drug-likeness (QED) is 0.850. The molecule has 20 heavy (non-hydrogen) atoms. The minimum Gasteiger partial charge on any atom is -0.316 e. The Kier molecular flexibility index (Phi) is 6.06. The minimum atomic E-state index is 0.544. The fourth-order valence-electron chi connectivity index (χ4n) is 3.17. The van der Waals surface area contributed by atoms with Gasteiger partial charge in [-0.1, -0.05) is 6.92 Å². The van der Waals surface area contributed by atoms with Crippen molar-refractivity contribution in [3.05, 3.63) is 21.9 Å². The van der Waals surface area contributed by atoms with Crippen molar-refractivity contribution in [2.75, 3.05) is 19.6 Å². The van der Waals surface area contributed by atoms with Crippen LogP contribution < -0.4 is 5.32 Å². The Hall–Kier alpha value is -0.380. The Bertz CT molecular complexity index is 393. The molecule has 1 aromatic rings. The first-order chi connectivity index (χ1) is 9.61. The van der Waals surface area contributed by atoms with Crippen molar-refractivity contribution >= 4 is 11.3 Å². The van der Waals surface area contributed by atoms with Crippen molar-refractivity contribution in [3.63, 3.8) is 0 Å². The van der Waals surface area contributed by atoms with Crippen LogP contribution in [0.4, 0.5) is 0 Å². The Morgan fingerprint density at radius 3 is 2.70 bits per heavy atom. The van der Waals surface area contributed by atoms with Crippen LogP contribution in [-0.2, 0) is 6.42 Å². The van der Waals surface area contributed by atoms with Crippen LogP contribution in [0.3, 0.4) is 0 Å². The number of aryl methyl sites for hydroxylation is 1. The van der Waals surface area contributed by atoms with Gasteiger partial charge < -0.3 is 5.32 Å². The highest BCUT2D eigenvalue weighted by Crippen LogP contribution is 2.30. The molecule has 2 atom stereocenters. The van der Waals surface area contributed by atoms with Gasteiger partial charge in [-0.2, -0.15) is 0 Å². The predicted molar refractivity (Wildman–Crippen MR) is 89.5 cm³/mol. The molecule has 0 saturated carbocycles. The maximum Gasteiger partial charge on any atom is 0.0416 e. The Morgan fingerprint density at radius 1 is 1.35 bits per heavy atom. The Balaban J connectivity index is 2.02. The molecule has 0 radical (unpaired) electrons. The van der Waals surface area contributed by atoms with Crippen molar-refractivity contribution in [2.24, 2.45) is 5.92 Å². The summed E-state index contributed by atoms with van der Waals surface area (Å²) in [6.07, 6.45) is 3.88. The lowest BCUT2D eigenvalue weighted by atomic mass is 9.97. The number of nitrogens with one attached hydrogen (secondary N) is 1. The first-order valence-electron chi connectivity index (χ1n) is 8.16. The maximum atomic E-state index is 3.55. The van der Waals surface area contributed by atoms with E-state index in [9.17, 15) is 0 Å². The zero-order chi connectivity index (χ0) is 14.5. The van der Waals surface area contributed by atoms with Crippen LogP contribution in [0.2, 0.25) is 0 Å². The molecule has 1 aliphatic rings. The highest BCUT2D eigenvalue weighted by Gasteiger charge is 2.24. The lowest BCUT2D eigenvalue weighted by molar-refractivity contribution is 0.128. The summed E-state index contributed by atoms with van der Waals surface area (Å²) in [5.41, 5.74) is 0. The average Bonchev–Trinajstić information content (AvgIpc) is 2.94. The van der Waals surface area contributed by atoms with Gasteiger partial charge in [-0.3, -0.25) is 4.90 Å². The third-order valence-corrected chi connectivity index (χ3v) is 5.87. The van der Waals surface area contributed by atoms with Crippen LogP contribution in [0.5, 0.6) is 0 Å². The summed E-state index contributed by atoms with van der Waals surface area (Å²) in [6, 6.07) is 5.79. The fourth-order valence-corrected chi connectivity index (χ4v) is 4.19. The molecule has 2 nitrogen and oxygen atoms in total. The van der Waals surface area contributed by atoms with Crippen LogP contribution >= 0.6 is 11.3 Å². The summed E-state index contributed by atoms with van der Waals surface area (Å²) in [7, 11) is 0. The molecule has 0 bridgehead atoms. The first kappa shape index (κ1) is 16.0. The molecule has 0 aliphatic carbocycles. The fraction of sp³-hybridized carbons (Fsp3) is 0.765. The molecule has 0 spiro atoms. The van der Waals surface area contributed by atoms with Crippen LogP contribution in [0.1, 0.15) is 56.3 Å². The molecule has 0 amide bonds. The van der Waals surface area contributed by atoms with Crippen molar-refractivity contribution in [1.82, 2.24) is 10.2 Å². The number of piperidine rings is 1. The molecule has 1 fully saturated rings. The van der Waals surface area contributed by atoms with Crippen molar-refractivity contribution < 1.29 is 0 Å². The molecule has 2 unspecified atom stereocenters. The average molecular weight is 295 g/mol. The molecule has 2 rings (SSSR count). The van der Waals surface area contributed by atoms with Gasteiger partial charge in [-0.25, -0.2) is 0 Å². The van der Waals surface area contributed by atoms with Crippen LogP contribution in [-0.4, -0.2) is 30.6 Å². The van der Waals surface area contributed by atoms with Crippen molar-refractivity contribution in [3.8, 4) is 0 Å². The van der Waals surface area contributed by atoms with Gasteiger partial charge in [-0.15, -0.1) is 11.3 Å². The number of rotatable bonds is 6. The Labute approximate surface area is 128 Å². The van der Waals surface area contributed by atoms with Crippen LogP contribution in [0, 0.1) is 5.92 Å². The molecule has 1 aliphatic heterocycles. The number of hydrogen-bond acceptors (Lipinski definition) is 3. The predicted octanol–water partition coefficient (Wildman–Crippen LogP) is 4.08. The normalized spacial score (nSPS) is 21.6. The van der Waals surface area contributed by atoms with Crippen LogP contribution in [0.25, 0.3) is 0 Å². The van der Waals surface area contributed by atoms with Gasteiger partial charge in [0.2, 0.25) is 0 Å². The van der Waals surface area contributed by atoms with E-state index in [-0.39, 0.29) is 0 Å². The summed E-state index contributed by atoms with van der Waals surface area (Å²) < 4.78 is 0. The standard InChI is InChI=1S/C17H30N2S/c1-5-16-8-9-17(20-16)14(4)19(13(2)3)12-15-7-6-10-18-11-15/h8-9,13-15,18H,5-7,10-12H2,1-4H3. The third kappa shape index (κ3) is 4.06. The van der Waals surface area contributed by atoms with E-state index in [4.69, 9.17) is 0 Å². The van der Waals surface area contributed by atoms with E-state index in [2.05, 4.69) is 50.0 Å². The van der Waals surface area contributed by atoms with Crippen molar-refractivity contribution in [2.45, 2.75) is 59.0 Å². The SMILES string of the molecule is CCc1ccc(C(C)N(CC2CCCNC2)C(C)C)s1. The van der Waals surface area contributed by atoms with E-state index in [0.717, 1.165) is 12.3 Å². The molecule has 3 heteroatoms. The molecule has 0 aromatic carbocycles. The summed E-state index contributed by atoms with van der Waals surface area (Å²) in [5.74, 6) is 0.819. The minimum absolute atomic E-state index is 0.544. The van der Waals surface area contributed by atoms with E-state index >= 15 is 0 Å². The molecule has 2 heterocycles. The lowest BCUT2D eigenvalue weighted by Crippen LogP contribution is -2.42. The third-order valence-electron chi connectivity index (χ3n) is 4.47. The molecule has 114 valence electrons. The zero-order valence-electron chi connectivity index (χ0n) is 13.5. The van der Waals surface area contributed by atoms with Crippen molar-refractivity contribution in [1.29, 1.82) is 0 Å². The van der Waals surface area contributed by atoms with E-state index in [0.29, 0.717) is 12.1 Å². The summed E-state index contributed by atoms with van der Waals surface area (Å²) in [6.45, 7) is 12.9. The largest absolute Gasteiger partial charge is 0.316 e. The summed E-state index contributed by atoms with van der Waals surface area (Å²) in [5, 5.41) is 3.55. The van der Waals surface area contributed by atoms with Gasteiger partial charge in [-0.05, 0) is 71.2 Å². The second-order valence-corrected chi connectivity index (χ2v) is 7.54. The second kappa shape index (κ2) is 7.58. The van der Waals surface area contributed by atoms with E-state index in [1.165, 1.54) is 42.2 Å². The monoisotopic (exact) mass is 294 g/mol. The maximum absolute atomic E-state index is 3.55. The van der Waals surface area contributed by atoms with E-state index < -0.39 is 0 Å². The van der Waals surface area contributed by atoms with E-state index in [1.807, 2.05) is 11.3 Å². The van der Waals surface area contributed by atoms with Gasteiger partial charge in [0, 0.05) is 28.4 Å². The Morgan fingerprint density at radius 2 is 2.15 bits per heavy atom. The van der Waals surface area contributed by atoms with E-state index in [1.54, 1.807) is 0 Å². The number of thiophene rings is 1. The van der Waals surface area contributed by atoms with Crippen LogP contribution in [0.15, 0.2) is 12.1 Å². The summed E-state index contributed by atoms with van der Waals surface area (Å²) >= 11 is 1.99. The van der Waals surface area contributed by atoms with Gasteiger partial charge in [0.15, 0.2) is 0 Å². The molecular weight excluding hydrogens is 264 g/mol. The van der Waals surface area contributed by atoms with Gasteiger partial charge >= 0.3 is 0 Å². The highest BCUT2D eigenvalue weighted by molar-refractivity contribution is 7.12. The van der Waals surface area contributed by atoms with Gasteiger partial charge in [0.05, 0.1) is 0 Å². The van der Waals surface area contributed by atoms with Gasteiger partial charge in [0.25, 0.3) is 0 Å². The topological polar surface area (TPSA) is 15.3 Å². The molecule has 1 N–H and O–H groups in total. The molecule has 1 aromatic heterocycles. The molecule has 1 saturated heterocycles. The highest BCUT2D eigenvalue weighted by atomic mass is 32.1. The smallest absolute Gasteiger partial charge is 0.0416 e. The van der Waals surface area contributed by atoms with Gasteiger partial charge in [0.1, 0.15) is 0 Å². The molecular formula is C17H30N2S. The first-order valence-corrected chi connectivity index (χ1v) is 8.98.